The molecule has 1 atom stereocenters. The van der Waals surface area contributed by atoms with Crippen molar-refractivity contribution >= 4 is 21.7 Å². The van der Waals surface area contributed by atoms with E-state index >= 15 is 0 Å². The van der Waals surface area contributed by atoms with E-state index in [1.54, 1.807) is 0 Å². The minimum absolute atomic E-state index is 0.134. The molecular formula is C9H17NO5S. The molecular weight excluding hydrogens is 234 g/mol. The Labute approximate surface area is 95.0 Å². The van der Waals surface area contributed by atoms with Crippen LogP contribution in [0, 0.1) is 0 Å². The van der Waals surface area contributed by atoms with Crippen molar-refractivity contribution in [2.24, 2.45) is 0 Å². The zero-order valence-corrected chi connectivity index (χ0v) is 10.2. The number of amides is 1. The molecule has 0 saturated heterocycles. The minimum atomic E-state index is -3.42. The molecule has 16 heavy (non-hydrogen) atoms. The number of carboxylic acid groups (broad SMARTS) is 1. The normalized spacial score (nSPS) is 13.1. The van der Waals surface area contributed by atoms with Crippen molar-refractivity contribution in [1.29, 1.82) is 0 Å². The lowest BCUT2D eigenvalue weighted by Crippen LogP contribution is -2.25. The molecule has 0 saturated carbocycles. The summed E-state index contributed by atoms with van der Waals surface area (Å²) in [5, 5.41) is 9.95. The van der Waals surface area contributed by atoms with Crippen LogP contribution in [0.15, 0.2) is 0 Å². The van der Waals surface area contributed by atoms with Crippen LogP contribution in [0.1, 0.15) is 26.2 Å². The van der Waals surface area contributed by atoms with E-state index in [-0.39, 0.29) is 24.5 Å². The third-order valence-corrected chi connectivity index (χ3v) is 4.44. The number of hydrogen-bond acceptors (Lipinski definition) is 4. The van der Waals surface area contributed by atoms with Gasteiger partial charge in [-0.25, -0.2) is 8.42 Å². The molecule has 94 valence electrons. The highest BCUT2D eigenvalue weighted by Crippen LogP contribution is 2.09. The fraction of sp³-hybridized carbons (Fsp3) is 0.778. The van der Waals surface area contributed by atoms with E-state index in [9.17, 15) is 18.0 Å². The first-order valence-electron chi connectivity index (χ1n) is 4.93. The van der Waals surface area contributed by atoms with Crippen molar-refractivity contribution in [2.75, 3.05) is 12.8 Å². The minimum Gasteiger partial charge on any atom is -0.481 e. The van der Waals surface area contributed by atoms with E-state index in [4.69, 9.17) is 5.11 Å². The summed E-state index contributed by atoms with van der Waals surface area (Å²) in [6, 6.07) is 0. The molecule has 0 aliphatic heterocycles. The van der Waals surface area contributed by atoms with E-state index in [0.717, 1.165) is 0 Å². The van der Waals surface area contributed by atoms with Gasteiger partial charge in [0.2, 0.25) is 5.91 Å². The number of rotatable bonds is 7. The van der Waals surface area contributed by atoms with Crippen LogP contribution in [0.4, 0.5) is 0 Å². The highest BCUT2D eigenvalue weighted by molar-refractivity contribution is 7.92. The molecule has 0 spiro atoms. The largest absolute Gasteiger partial charge is 0.481 e. The van der Waals surface area contributed by atoms with E-state index < -0.39 is 27.5 Å². The fourth-order valence-electron chi connectivity index (χ4n) is 1.13. The van der Waals surface area contributed by atoms with E-state index in [0.29, 0.717) is 0 Å². The van der Waals surface area contributed by atoms with Crippen LogP contribution in [0.5, 0.6) is 0 Å². The SMILES string of the molecule is CNC(=O)CCCS(=O)(=O)C(C)CC(=O)O. The summed E-state index contributed by atoms with van der Waals surface area (Å²) in [7, 11) is -1.94. The molecule has 0 aromatic carbocycles. The quantitative estimate of drug-likeness (QED) is 0.652. The molecule has 0 aliphatic rings. The van der Waals surface area contributed by atoms with Gasteiger partial charge in [0.05, 0.1) is 17.4 Å². The standard InChI is InChI=1S/C9H17NO5S/c1-7(6-9(12)13)16(14,15)5-3-4-8(11)10-2/h7H,3-6H2,1-2H3,(H,10,11)(H,12,13). The van der Waals surface area contributed by atoms with E-state index in [2.05, 4.69) is 5.32 Å². The van der Waals surface area contributed by atoms with Crippen LogP contribution in [0.2, 0.25) is 0 Å². The molecule has 0 aliphatic carbocycles. The molecule has 0 rings (SSSR count). The second kappa shape index (κ2) is 6.47. The molecule has 1 amide bonds. The Morgan fingerprint density at radius 2 is 1.94 bits per heavy atom. The molecule has 2 N–H and O–H groups in total. The highest BCUT2D eigenvalue weighted by atomic mass is 32.2. The van der Waals surface area contributed by atoms with Crippen LogP contribution in [-0.2, 0) is 19.4 Å². The van der Waals surface area contributed by atoms with E-state index in [1.807, 2.05) is 0 Å². The predicted octanol–water partition coefficient (Wildman–Crippen LogP) is -0.209. The van der Waals surface area contributed by atoms with Crippen molar-refractivity contribution in [2.45, 2.75) is 31.4 Å². The third-order valence-electron chi connectivity index (χ3n) is 2.19. The number of nitrogens with one attached hydrogen (secondary N) is 1. The molecule has 7 heteroatoms. The number of carboxylic acids is 1. The first-order chi connectivity index (χ1) is 7.29. The summed E-state index contributed by atoms with van der Waals surface area (Å²) in [6.45, 7) is 1.36. The molecule has 6 nitrogen and oxygen atoms in total. The lowest BCUT2D eigenvalue weighted by atomic mass is 10.3. The Hall–Kier alpha value is -1.11. The van der Waals surface area contributed by atoms with Gasteiger partial charge in [-0.15, -0.1) is 0 Å². The molecule has 0 radical (unpaired) electrons. The van der Waals surface area contributed by atoms with Gasteiger partial charge in [-0.05, 0) is 13.3 Å². The topological polar surface area (TPSA) is 101 Å². The number of aliphatic carboxylic acids is 1. The average molecular weight is 251 g/mol. The van der Waals surface area contributed by atoms with Crippen molar-refractivity contribution in [1.82, 2.24) is 5.32 Å². The molecule has 0 heterocycles. The maximum atomic E-state index is 11.5. The van der Waals surface area contributed by atoms with Gasteiger partial charge in [-0.1, -0.05) is 0 Å². The molecule has 0 aromatic rings. The van der Waals surface area contributed by atoms with Crippen LogP contribution in [0.3, 0.4) is 0 Å². The zero-order valence-electron chi connectivity index (χ0n) is 9.39. The average Bonchev–Trinajstić information content (AvgIpc) is 2.16. The van der Waals surface area contributed by atoms with Crippen molar-refractivity contribution in [3.05, 3.63) is 0 Å². The molecule has 0 bridgehead atoms. The maximum absolute atomic E-state index is 11.5. The van der Waals surface area contributed by atoms with Gasteiger partial charge < -0.3 is 10.4 Å². The van der Waals surface area contributed by atoms with Gasteiger partial charge in [0.15, 0.2) is 9.84 Å². The maximum Gasteiger partial charge on any atom is 0.304 e. The molecule has 0 aromatic heterocycles. The smallest absolute Gasteiger partial charge is 0.304 e. The number of hydrogen-bond donors (Lipinski definition) is 2. The van der Waals surface area contributed by atoms with Crippen molar-refractivity contribution in [3.63, 3.8) is 0 Å². The van der Waals surface area contributed by atoms with Crippen LogP contribution < -0.4 is 5.32 Å². The summed E-state index contributed by atoms with van der Waals surface area (Å²) in [5.41, 5.74) is 0. The van der Waals surface area contributed by atoms with Crippen molar-refractivity contribution < 1.29 is 23.1 Å². The van der Waals surface area contributed by atoms with Crippen LogP contribution in [0.25, 0.3) is 0 Å². The lowest BCUT2D eigenvalue weighted by molar-refractivity contribution is -0.137. The Bertz CT molecular complexity index is 349. The predicted molar refractivity (Wildman–Crippen MR) is 58.8 cm³/mol. The summed E-state index contributed by atoms with van der Waals surface area (Å²) in [5.74, 6) is -1.52. The second-order valence-electron chi connectivity index (χ2n) is 3.55. The van der Waals surface area contributed by atoms with Gasteiger partial charge in [0.25, 0.3) is 0 Å². The van der Waals surface area contributed by atoms with Gasteiger partial charge >= 0.3 is 5.97 Å². The first kappa shape index (κ1) is 14.9. The number of sulfone groups is 1. The van der Waals surface area contributed by atoms with Crippen molar-refractivity contribution in [3.8, 4) is 0 Å². The fourth-order valence-corrected chi connectivity index (χ4v) is 2.48. The molecule has 0 fully saturated rings. The van der Waals surface area contributed by atoms with Crippen LogP contribution >= 0.6 is 0 Å². The third kappa shape index (κ3) is 5.69. The second-order valence-corrected chi connectivity index (χ2v) is 6.09. The first-order valence-corrected chi connectivity index (χ1v) is 6.65. The van der Waals surface area contributed by atoms with Gasteiger partial charge in [-0.2, -0.15) is 0 Å². The summed E-state index contributed by atoms with van der Waals surface area (Å²) >= 11 is 0. The summed E-state index contributed by atoms with van der Waals surface area (Å²) in [4.78, 5) is 21.2. The Morgan fingerprint density at radius 1 is 1.38 bits per heavy atom. The van der Waals surface area contributed by atoms with Crippen LogP contribution in [-0.4, -0.2) is 43.5 Å². The monoisotopic (exact) mass is 251 g/mol. The number of carbonyl (C=O) groups excluding carboxylic acids is 1. The zero-order chi connectivity index (χ0) is 12.8. The van der Waals surface area contributed by atoms with Gasteiger partial charge in [0.1, 0.15) is 0 Å². The Kier molecular flexibility index (Phi) is 6.02. The Balaban J connectivity index is 4.14. The van der Waals surface area contributed by atoms with Gasteiger partial charge in [0, 0.05) is 13.5 Å². The van der Waals surface area contributed by atoms with Gasteiger partial charge in [-0.3, -0.25) is 9.59 Å². The highest BCUT2D eigenvalue weighted by Gasteiger charge is 2.23. The van der Waals surface area contributed by atoms with E-state index in [1.165, 1.54) is 14.0 Å². The number of carbonyl (C=O) groups is 2. The molecule has 1 unspecified atom stereocenters. The summed E-state index contributed by atoms with van der Waals surface area (Å²) < 4.78 is 23.1. The lowest BCUT2D eigenvalue weighted by Gasteiger charge is -2.10. The Morgan fingerprint density at radius 3 is 2.38 bits per heavy atom. The summed E-state index contributed by atoms with van der Waals surface area (Å²) in [6.07, 6.45) is -0.0518.